The first-order chi connectivity index (χ1) is 10.1. The van der Waals surface area contributed by atoms with Crippen LogP contribution in [0.5, 0.6) is 0 Å². The van der Waals surface area contributed by atoms with Crippen molar-refractivity contribution in [1.82, 2.24) is 14.9 Å². The molecule has 1 amide bonds. The summed E-state index contributed by atoms with van der Waals surface area (Å²) in [6.45, 7) is 6.95. The Morgan fingerprint density at radius 1 is 1.52 bits per heavy atom. The van der Waals surface area contributed by atoms with Crippen LogP contribution in [0.3, 0.4) is 0 Å². The molecule has 0 radical (unpaired) electrons. The van der Waals surface area contributed by atoms with E-state index >= 15 is 0 Å². The van der Waals surface area contributed by atoms with E-state index in [1.54, 1.807) is 12.3 Å². The molecule has 5 heteroatoms. The van der Waals surface area contributed by atoms with Crippen LogP contribution in [0.1, 0.15) is 50.0 Å². The van der Waals surface area contributed by atoms with Crippen LogP contribution in [-0.2, 0) is 0 Å². The lowest BCUT2D eigenvalue weighted by Crippen LogP contribution is -2.39. The number of carbonyl (C=O) groups is 1. The summed E-state index contributed by atoms with van der Waals surface area (Å²) in [6, 6.07) is 1.72. The van der Waals surface area contributed by atoms with E-state index < -0.39 is 0 Å². The predicted molar refractivity (Wildman–Crippen MR) is 84.5 cm³/mol. The Morgan fingerprint density at radius 2 is 2.33 bits per heavy atom. The van der Waals surface area contributed by atoms with Gasteiger partial charge in [0, 0.05) is 32.9 Å². The standard InChI is InChI=1S/C16H26N4O/c1-4-5-10-19(3)16-17-9-8-14(18-16)15(21)20-11-6-7-13(2)12-20/h8-9,13H,4-7,10-12H2,1-3H3. The third-order valence-electron chi connectivity index (χ3n) is 3.99. The van der Waals surface area contributed by atoms with Gasteiger partial charge in [-0.15, -0.1) is 0 Å². The molecule has 1 saturated heterocycles. The second kappa shape index (κ2) is 7.38. The third-order valence-corrected chi connectivity index (χ3v) is 3.99. The van der Waals surface area contributed by atoms with Crippen LogP contribution in [-0.4, -0.2) is 47.5 Å². The van der Waals surface area contributed by atoms with E-state index in [2.05, 4.69) is 23.8 Å². The number of hydrogen-bond acceptors (Lipinski definition) is 4. The number of hydrogen-bond donors (Lipinski definition) is 0. The molecule has 0 aliphatic carbocycles. The molecule has 1 aromatic heterocycles. The molecule has 1 aliphatic rings. The second-order valence-electron chi connectivity index (χ2n) is 6.02. The topological polar surface area (TPSA) is 49.3 Å². The highest BCUT2D eigenvalue weighted by atomic mass is 16.2. The van der Waals surface area contributed by atoms with Gasteiger partial charge in [-0.1, -0.05) is 20.3 Å². The van der Waals surface area contributed by atoms with Crippen molar-refractivity contribution < 1.29 is 4.79 Å². The molecule has 0 N–H and O–H groups in total. The predicted octanol–water partition coefficient (Wildman–Crippen LogP) is 2.59. The molecule has 1 unspecified atom stereocenters. The van der Waals surface area contributed by atoms with Gasteiger partial charge in [0.2, 0.25) is 5.95 Å². The first kappa shape index (κ1) is 15.7. The highest BCUT2D eigenvalue weighted by Crippen LogP contribution is 2.18. The summed E-state index contributed by atoms with van der Waals surface area (Å²) < 4.78 is 0. The number of unbranched alkanes of at least 4 members (excludes halogenated alkanes) is 1. The lowest BCUT2D eigenvalue weighted by molar-refractivity contribution is 0.0677. The van der Waals surface area contributed by atoms with Crippen molar-refractivity contribution in [2.75, 3.05) is 31.6 Å². The number of amides is 1. The van der Waals surface area contributed by atoms with Crippen LogP contribution < -0.4 is 4.90 Å². The molecule has 116 valence electrons. The zero-order chi connectivity index (χ0) is 15.2. The maximum Gasteiger partial charge on any atom is 0.272 e. The molecule has 0 saturated carbocycles. The van der Waals surface area contributed by atoms with Gasteiger partial charge in [0.05, 0.1) is 0 Å². The van der Waals surface area contributed by atoms with E-state index in [0.717, 1.165) is 38.9 Å². The number of piperidine rings is 1. The van der Waals surface area contributed by atoms with Crippen molar-refractivity contribution in [3.05, 3.63) is 18.0 Å². The molecule has 1 atom stereocenters. The Hall–Kier alpha value is -1.65. The Bertz CT molecular complexity index is 477. The number of anilines is 1. The maximum atomic E-state index is 12.6. The van der Waals surface area contributed by atoms with Crippen LogP contribution in [0, 0.1) is 5.92 Å². The van der Waals surface area contributed by atoms with Gasteiger partial charge in [0.1, 0.15) is 5.69 Å². The zero-order valence-corrected chi connectivity index (χ0v) is 13.4. The summed E-state index contributed by atoms with van der Waals surface area (Å²) in [5, 5.41) is 0. The van der Waals surface area contributed by atoms with Gasteiger partial charge < -0.3 is 9.80 Å². The van der Waals surface area contributed by atoms with E-state index in [4.69, 9.17) is 0 Å². The summed E-state index contributed by atoms with van der Waals surface area (Å²) in [5.41, 5.74) is 0.512. The van der Waals surface area contributed by atoms with Crippen molar-refractivity contribution >= 4 is 11.9 Å². The van der Waals surface area contributed by atoms with Crippen molar-refractivity contribution in [2.24, 2.45) is 5.92 Å². The van der Waals surface area contributed by atoms with Crippen LogP contribution in [0.15, 0.2) is 12.3 Å². The first-order valence-electron chi connectivity index (χ1n) is 7.95. The van der Waals surface area contributed by atoms with Crippen molar-refractivity contribution in [3.63, 3.8) is 0 Å². The zero-order valence-electron chi connectivity index (χ0n) is 13.4. The highest BCUT2D eigenvalue weighted by molar-refractivity contribution is 5.92. The first-order valence-corrected chi connectivity index (χ1v) is 7.95. The third kappa shape index (κ3) is 4.16. The molecule has 0 spiro atoms. The van der Waals surface area contributed by atoms with Gasteiger partial charge in [-0.25, -0.2) is 9.97 Å². The molecular weight excluding hydrogens is 264 g/mol. The molecule has 5 nitrogen and oxygen atoms in total. The molecule has 2 rings (SSSR count). The van der Waals surface area contributed by atoms with Crippen LogP contribution in [0.2, 0.25) is 0 Å². The molecule has 0 bridgehead atoms. The maximum absolute atomic E-state index is 12.6. The monoisotopic (exact) mass is 290 g/mol. The summed E-state index contributed by atoms with van der Waals surface area (Å²) in [7, 11) is 1.97. The number of rotatable bonds is 5. The molecule has 2 heterocycles. The average molecular weight is 290 g/mol. The lowest BCUT2D eigenvalue weighted by atomic mass is 10.00. The fraction of sp³-hybridized carbons (Fsp3) is 0.688. The molecule has 1 aromatic rings. The minimum absolute atomic E-state index is 0.0362. The second-order valence-corrected chi connectivity index (χ2v) is 6.02. The molecule has 1 aliphatic heterocycles. The highest BCUT2D eigenvalue weighted by Gasteiger charge is 2.23. The molecular formula is C16H26N4O. The van der Waals surface area contributed by atoms with Gasteiger partial charge in [-0.2, -0.15) is 0 Å². The van der Waals surface area contributed by atoms with Gasteiger partial charge in [-0.3, -0.25) is 4.79 Å². The van der Waals surface area contributed by atoms with Crippen molar-refractivity contribution in [2.45, 2.75) is 39.5 Å². The van der Waals surface area contributed by atoms with Crippen LogP contribution in [0.25, 0.3) is 0 Å². The molecule has 0 aromatic carbocycles. The van der Waals surface area contributed by atoms with Gasteiger partial charge in [0.15, 0.2) is 0 Å². The van der Waals surface area contributed by atoms with E-state index in [1.165, 1.54) is 6.42 Å². The van der Waals surface area contributed by atoms with Crippen molar-refractivity contribution in [3.8, 4) is 0 Å². The number of carbonyl (C=O) groups excluding carboxylic acids is 1. The summed E-state index contributed by atoms with van der Waals surface area (Å²) in [4.78, 5) is 25.2. The van der Waals surface area contributed by atoms with E-state index in [9.17, 15) is 4.79 Å². The van der Waals surface area contributed by atoms with Crippen LogP contribution in [0.4, 0.5) is 5.95 Å². The minimum Gasteiger partial charge on any atom is -0.344 e. The number of aromatic nitrogens is 2. The molecule has 1 fully saturated rings. The van der Waals surface area contributed by atoms with E-state index in [0.29, 0.717) is 17.6 Å². The Kier molecular flexibility index (Phi) is 5.53. The summed E-state index contributed by atoms with van der Waals surface area (Å²) in [6.07, 6.45) is 6.21. The Labute approximate surface area is 127 Å². The quantitative estimate of drug-likeness (QED) is 0.836. The smallest absolute Gasteiger partial charge is 0.272 e. The number of nitrogens with zero attached hydrogens (tertiary/aromatic N) is 4. The van der Waals surface area contributed by atoms with Gasteiger partial charge in [0.25, 0.3) is 5.91 Å². The largest absolute Gasteiger partial charge is 0.344 e. The Morgan fingerprint density at radius 3 is 3.05 bits per heavy atom. The number of likely N-dealkylation sites (tertiary alicyclic amines) is 1. The van der Waals surface area contributed by atoms with Gasteiger partial charge in [-0.05, 0) is 31.2 Å². The van der Waals surface area contributed by atoms with Gasteiger partial charge >= 0.3 is 0 Å². The van der Waals surface area contributed by atoms with Crippen LogP contribution >= 0.6 is 0 Å². The van der Waals surface area contributed by atoms with Crippen molar-refractivity contribution in [1.29, 1.82) is 0 Å². The fourth-order valence-electron chi connectivity index (χ4n) is 2.68. The normalized spacial score (nSPS) is 18.6. The van der Waals surface area contributed by atoms with E-state index in [-0.39, 0.29) is 5.91 Å². The fourth-order valence-corrected chi connectivity index (χ4v) is 2.68. The summed E-state index contributed by atoms with van der Waals surface area (Å²) in [5.74, 6) is 1.25. The van der Waals surface area contributed by atoms with E-state index in [1.807, 2.05) is 16.8 Å². The lowest BCUT2D eigenvalue weighted by Gasteiger charge is -2.30. The SMILES string of the molecule is CCCCN(C)c1nccc(C(=O)N2CCCC(C)C2)n1. The Balaban J connectivity index is 2.07. The summed E-state index contributed by atoms with van der Waals surface area (Å²) >= 11 is 0. The average Bonchev–Trinajstić information content (AvgIpc) is 2.52. The molecule has 21 heavy (non-hydrogen) atoms. The minimum atomic E-state index is 0.0362.